The fourth-order valence-corrected chi connectivity index (χ4v) is 3.73. The Morgan fingerprint density at radius 3 is 2.47 bits per heavy atom. The molecule has 0 saturated heterocycles. The molecule has 0 aliphatic rings. The maximum Gasteiger partial charge on any atom is 0.175 e. The third-order valence-electron chi connectivity index (χ3n) is 4.48. The van der Waals surface area contributed by atoms with E-state index >= 15 is 0 Å². The SMILES string of the molecule is CN(C)CCCNc1nc(/C=C/c2ccc(S(C)(=O)=O)cc2)nc2ccc(Cl)cc12. The Morgan fingerprint density at radius 2 is 1.80 bits per heavy atom. The third kappa shape index (κ3) is 6.01. The van der Waals surface area contributed by atoms with Gasteiger partial charge in [-0.05, 0) is 69.0 Å². The molecule has 3 aromatic rings. The Hall–Kier alpha value is -2.48. The quantitative estimate of drug-likeness (QED) is 0.524. The number of hydrogen-bond donors (Lipinski definition) is 1. The highest BCUT2D eigenvalue weighted by Gasteiger charge is 2.08. The highest BCUT2D eigenvalue weighted by Crippen LogP contribution is 2.25. The molecule has 6 nitrogen and oxygen atoms in total. The molecule has 3 rings (SSSR count). The normalized spacial score (nSPS) is 12.2. The summed E-state index contributed by atoms with van der Waals surface area (Å²) >= 11 is 6.17. The van der Waals surface area contributed by atoms with E-state index in [0.29, 0.717) is 15.7 Å². The van der Waals surface area contributed by atoms with Gasteiger partial charge in [-0.25, -0.2) is 18.4 Å². The smallest absolute Gasteiger partial charge is 0.175 e. The van der Waals surface area contributed by atoms with E-state index in [-0.39, 0.29) is 0 Å². The van der Waals surface area contributed by atoms with Gasteiger partial charge in [-0.15, -0.1) is 0 Å². The zero-order valence-corrected chi connectivity index (χ0v) is 18.8. The van der Waals surface area contributed by atoms with Gasteiger partial charge in [0.2, 0.25) is 0 Å². The van der Waals surface area contributed by atoms with Gasteiger partial charge in [0.25, 0.3) is 0 Å². The number of halogens is 1. The molecule has 0 aliphatic carbocycles. The average molecular weight is 445 g/mol. The Bertz CT molecular complexity index is 1160. The first kappa shape index (κ1) is 22.2. The van der Waals surface area contributed by atoms with Crippen LogP contribution in [0.3, 0.4) is 0 Å². The van der Waals surface area contributed by atoms with Crippen LogP contribution in [0.4, 0.5) is 5.82 Å². The fraction of sp³-hybridized carbons (Fsp3) is 0.273. The molecule has 0 saturated carbocycles. The summed E-state index contributed by atoms with van der Waals surface area (Å²) in [6.45, 7) is 1.76. The van der Waals surface area contributed by atoms with Crippen molar-refractivity contribution >= 4 is 50.3 Å². The number of fused-ring (bicyclic) bond motifs is 1. The van der Waals surface area contributed by atoms with Crippen molar-refractivity contribution in [2.45, 2.75) is 11.3 Å². The van der Waals surface area contributed by atoms with Crippen molar-refractivity contribution in [3.8, 4) is 0 Å². The zero-order chi connectivity index (χ0) is 21.7. The second-order valence-corrected chi connectivity index (χ2v) is 9.80. The lowest BCUT2D eigenvalue weighted by molar-refractivity contribution is 0.405. The van der Waals surface area contributed by atoms with Crippen LogP contribution in [0.2, 0.25) is 5.02 Å². The highest BCUT2D eigenvalue weighted by molar-refractivity contribution is 7.90. The number of anilines is 1. The molecule has 0 radical (unpaired) electrons. The van der Waals surface area contributed by atoms with Crippen molar-refractivity contribution in [3.63, 3.8) is 0 Å². The van der Waals surface area contributed by atoms with Crippen LogP contribution in [0.25, 0.3) is 23.1 Å². The summed E-state index contributed by atoms with van der Waals surface area (Å²) in [7, 11) is 0.886. The molecule has 0 aliphatic heterocycles. The molecule has 1 heterocycles. The molecular weight excluding hydrogens is 420 g/mol. The zero-order valence-electron chi connectivity index (χ0n) is 17.3. The number of aromatic nitrogens is 2. The van der Waals surface area contributed by atoms with E-state index in [0.717, 1.165) is 41.8 Å². The molecular formula is C22H25ClN4O2S. The summed E-state index contributed by atoms with van der Waals surface area (Å²) in [5.74, 6) is 1.31. The number of benzene rings is 2. The molecule has 0 bridgehead atoms. The van der Waals surface area contributed by atoms with Gasteiger partial charge in [0.05, 0.1) is 10.4 Å². The van der Waals surface area contributed by atoms with Crippen molar-refractivity contribution in [2.24, 2.45) is 0 Å². The topological polar surface area (TPSA) is 75.2 Å². The van der Waals surface area contributed by atoms with Crippen LogP contribution in [0.5, 0.6) is 0 Å². The maximum atomic E-state index is 11.6. The van der Waals surface area contributed by atoms with Gasteiger partial charge < -0.3 is 10.2 Å². The molecule has 0 fully saturated rings. The standard InChI is InChI=1S/C22H25ClN4O2S/c1-27(2)14-4-13-24-22-19-15-17(23)8-11-20(19)25-21(26-22)12-7-16-5-9-18(10-6-16)30(3,28)29/h5-12,15H,4,13-14H2,1-3H3,(H,24,25,26)/b12-7+. The lowest BCUT2D eigenvalue weighted by Crippen LogP contribution is -2.17. The molecule has 158 valence electrons. The van der Waals surface area contributed by atoms with Gasteiger partial charge in [-0.2, -0.15) is 0 Å². The van der Waals surface area contributed by atoms with Gasteiger partial charge >= 0.3 is 0 Å². The molecule has 8 heteroatoms. The lowest BCUT2D eigenvalue weighted by Gasteiger charge is -2.12. The first-order valence-corrected chi connectivity index (χ1v) is 11.8. The van der Waals surface area contributed by atoms with Crippen molar-refractivity contribution < 1.29 is 8.42 Å². The average Bonchev–Trinajstić information content (AvgIpc) is 2.69. The summed E-state index contributed by atoms with van der Waals surface area (Å²) < 4.78 is 23.2. The minimum absolute atomic E-state index is 0.294. The Kier molecular flexibility index (Phi) is 7.07. The Labute approximate surface area is 182 Å². The van der Waals surface area contributed by atoms with Gasteiger partial charge in [-0.1, -0.05) is 29.8 Å². The third-order valence-corrected chi connectivity index (χ3v) is 5.85. The first-order chi connectivity index (χ1) is 14.2. The van der Waals surface area contributed by atoms with Crippen LogP contribution in [0, 0.1) is 0 Å². The van der Waals surface area contributed by atoms with Crippen LogP contribution >= 0.6 is 11.6 Å². The Morgan fingerprint density at radius 1 is 1.07 bits per heavy atom. The summed E-state index contributed by atoms with van der Waals surface area (Å²) in [5.41, 5.74) is 1.67. The van der Waals surface area contributed by atoms with E-state index < -0.39 is 9.84 Å². The monoisotopic (exact) mass is 444 g/mol. The highest BCUT2D eigenvalue weighted by atomic mass is 35.5. The summed E-state index contributed by atoms with van der Waals surface area (Å²) in [6, 6.07) is 12.3. The van der Waals surface area contributed by atoms with Crippen molar-refractivity contribution in [3.05, 3.63) is 58.9 Å². The second kappa shape index (κ2) is 9.55. The number of nitrogens with one attached hydrogen (secondary N) is 1. The van der Waals surface area contributed by atoms with Crippen LogP contribution in [-0.2, 0) is 9.84 Å². The minimum atomic E-state index is -3.21. The minimum Gasteiger partial charge on any atom is -0.369 e. The van der Waals surface area contributed by atoms with E-state index in [2.05, 4.69) is 20.2 Å². The predicted molar refractivity (Wildman–Crippen MR) is 125 cm³/mol. The van der Waals surface area contributed by atoms with Crippen LogP contribution in [0.15, 0.2) is 47.4 Å². The van der Waals surface area contributed by atoms with E-state index in [1.165, 1.54) is 6.26 Å². The number of nitrogens with zero attached hydrogens (tertiary/aromatic N) is 3. The van der Waals surface area contributed by atoms with Crippen LogP contribution in [0.1, 0.15) is 17.8 Å². The van der Waals surface area contributed by atoms with E-state index in [4.69, 9.17) is 11.6 Å². The number of hydrogen-bond acceptors (Lipinski definition) is 6. The lowest BCUT2D eigenvalue weighted by atomic mass is 10.2. The summed E-state index contributed by atoms with van der Waals surface area (Å²) in [5, 5.41) is 4.91. The summed E-state index contributed by atoms with van der Waals surface area (Å²) in [6.07, 6.45) is 5.85. The molecule has 0 atom stereocenters. The van der Waals surface area contributed by atoms with Crippen molar-refractivity contribution in [2.75, 3.05) is 38.8 Å². The first-order valence-electron chi connectivity index (χ1n) is 9.56. The molecule has 1 aromatic heterocycles. The van der Waals surface area contributed by atoms with Gasteiger partial charge in [0.15, 0.2) is 15.7 Å². The summed E-state index contributed by atoms with van der Waals surface area (Å²) in [4.78, 5) is 11.7. The van der Waals surface area contributed by atoms with E-state index in [1.54, 1.807) is 24.3 Å². The van der Waals surface area contributed by atoms with Crippen LogP contribution < -0.4 is 5.32 Å². The van der Waals surface area contributed by atoms with Gasteiger partial charge in [0, 0.05) is 23.2 Å². The van der Waals surface area contributed by atoms with Crippen LogP contribution in [-0.4, -0.2) is 56.7 Å². The Balaban J connectivity index is 1.86. The van der Waals surface area contributed by atoms with Crippen molar-refractivity contribution in [1.82, 2.24) is 14.9 Å². The number of rotatable bonds is 8. The van der Waals surface area contributed by atoms with E-state index in [9.17, 15) is 8.42 Å². The molecule has 30 heavy (non-hydrogen) atoms. The fourth-order valence-electron chi connectivity index (χ4n) is 2.93. The maximum absolute atomic E-state index is 11.6. The second-order valence-electron chi connectivity index (χ2n) is 7.35. The molecule has 0 spiro atoms. The molecule has 0 unspecified atom stereocenters. The molecule has 2 aromatic carbocycles. The van der Waals surface area contributed by atoms with Gasteiger partial charge in [-0.3, -0.25) is 0 Å². The predicted octanol–water partition coefficient (Wildman–Crippen LogP) is 4.22. The van der Waals surface area contributed by atoms with Gasteiger partial charge in [0.1, 0.15) is 5.82 Å². The van der Waals surface area contributed by atoms with E-state index in [1.807, 2.05) is 44.4 Å². The van der Waals surface area contributed by atoms with Crippen molar-refractivity contribution in [1.29, 1.82) is 0 Å². The number of sulfone groups is 1. The molecule has 1 N–H and O–H groups in total. The molecule has 0 amide bonds. The largest absolute Gasteiger partial charge is 0.369 e.